The van der Waals surface area contributed by atoms with Gasteiger partial charge in [-0.05, 0) is 54.8 Å². The van der Waals surface area contributed by atoms with Gasteiger partial charge in [0.05, 0.1) is 23.7 Å². The fraction of sp³-hybridized carbons (Fsp3) is 0.321. The number of hydrogen-bond donors (Lipinski definition) is 1. The summed E-state index contributed by atoms with van der Waals surface area (Å²) in [6.45, 7) is 9.92. The Kier molecular flexibility index (Phi) is 11.4. The van der Waals surface area contributed by atoms with E-state index in [0.29, 0.717) is 19.0 Å². The van der Waals surface area contributed by atoms with Crippen LogP contribution in [0, 0.1) is 19.3 Å². The zero-order valence-electron chi connectivity index (χ0n) is 20.8. The van der Waals surface area contributed by atoms with Crippen molar-refractivity contribution in [3.05, 3.63) is 95.1 Å². The number of aryl methyl sites for hydroxylation is 2. The Labute approximate surface area is 224 Å². The summed E-state index contributed by atoms with van der Waals surface area (Å²) < 4.78 is 15.1. The second-order valence-electron chi connectivity index (χ2n) is 8.60. The molecule has 0 atom stereocenters. The monoisotopic (exact) mass is 529 g/mol. The third kappa shape index (κ3) is 8.42. The highest BCUT2D eigenvalue weighted by atomic mass is 35.6. The van der Waals surface area contributed by atoms with E-state index in [9.17, 15) is 0 Å². The lowest BCUT2D eigenvalue weighted by Crippen LogP contribution is -2.49. The summed E-state index contributed by atoms with van der Waals surface area (Å²) in [5.74, 6) is 2.41. The number of hydrogen-bond acceptors (Lipinski definition) is 5. The fourth-order valence-electron chi connectivity index (χ4n) is 4.13. The summed E-state index contributed by atoms with van der Waals surface area (Å²) in [6, 6.07) is 24.3. The highest BCUT2D eigenvalue weighted by molar-refractivity contribution is 6.24. The first-order valence-electron chi connectivity index (χ1n) is 11.9. The van der Waals surface area contributed by atoms with Crippen LogP contribution < -0.4 is 9.47 Å². The summed E-state index contributed by atoms with van der Waals surface area (Å²) >= 11 is 8.53. The van der Waals surface area contributed by atoms with Crippen LogP contribution in [-0.4, -0.2) is 55.0 Å². The van der Waals surface area contributed by atoms with Crippen LogP contribution >= 0.6 is 23.7 Å². The first-order chi connectivity index (χ1) is 17.5. The molecule has 3 aromatic carbocycles. The Bertz CT molecular complexity index is 1050. The van der Waals surface area contributed by atoms with Gasteiger partial charge >= 0.3 is 0 Å². The molecule has 0 amide bonds. The van der Waals surface area contributed by atoms with Gasteiger partial charge in [-0.2, -0.15) is 3.84 Å². The zero-order valence-corrected chi connectivity index (χ0v) is 22.3. The van der Waals surface area contributed by atoms with E-state index in [1.165, 1.54) is 11.1 Å². The van der Waals surface area contributed by atoms with E-state index in [4.69, 9.17) is 14.9 Å². The molecule has 0 saturated carbocycles. The lowest BCUT2D eigenvalue weighted by Gasteiger charge is -2.36. The summed E-state index contributed by atoms with van der Waals surface area (Å²) in [6.07, 6.45) is 0. The zero-order chi connectivity index (χ0) is 25.8. The minimum Gasteiger partial charge on any atom is -0.492 e. The van der Waals surface area contributed by atoms with Crippen molar-refractivity contribution in [1.29, 1.82) is 5.41 Å². The molecule has 0 unspecified atom stereocenters. The molecule has 3 aromatic rings. The Morgan fingerprint density at radius 3 is 2.03 bits per heavy atom. The minimum atomic E-state index is 0.548. The van der Waals surface area contributed by atoms with E-state index in [1.807, 2.05) is 42.5 Å². The lowest BCUT2D eigenvalue weighted by molar-refractivity contribution is 0.153. The Morgan fingerprint density at radius 2 is 1.42 bits per heavy atom. The smallest absolute Gasteiger partial charge is 0.128 e. The molecule has 0 spiro atoms. The number of nitrogens with one attached hydrogen (secondary N) is 1. The minimum absolute atomic E-state index is 0.548. The first-order valence-corrected chi connectivity index (χ1v) is 12.5. The molecule has 192 valence electrons. The number of amidine groups is 1. The highest BCUT2D eigenvalue weighted by Crippen LogP contribution is 2.22. The molecule has 8 heteroatoms. The molecule has 1 fully saturated rings. The molecule has 0 radical (unpaired) electrons. The van der Waals surface area contributed by atoms with Crippen LogP contribution in [0.3, 0.4) is 0 Å². The van der Waals surface area contributed by atoms with Crippen LogP contribution in [0.4, 0.5) is 0 Å². The lowest BCUT2D eigenvalue weighted by atomic mass is 10.1. The Hall–Kier alpha value is -2.77. The van der Waals surface area contributed by atoms with E-state index in [2.05, 4.69) is 81.6 Å². The Balaban J connectivity index is 0.00000115. The van der Waals surface area contributed by atoms with E-state index in [-0.39, 0.29) is 0 Å². The molecule has 4 rings (SSSR count). The molecule has 0 aliphatic carbocycles. The number of piperazine rings is 1. The van der Waals surface area contributed by atoms with Crippen LogP contribution in [0.2, 0.25) is 0 Å². The fourth-order valence-corrected chi connectivity index (χ4v) is 4.13. The molecule has 1 heterocycles. The van der Waals surface area contributed by atoms with Crippen molar-refractivity contribution in [2.45, 2.75) is 20.5 Å². The van der Waals surface area contributed by atoms with Gasteiger partial charge in [-0.1, -0.05) is 48.5 Å². The molecule has 1 aliphatic heterocycles. The second-order valence-corrected chi connectivity index (χ2v) is 9.07. The van der Waals surface area contributed by atoms with E-state index in [0.717, 1.165) is 55.3 Å². The number of nitrogens with zero attached hydrogens (tertiary/aromatic N) is 2. The first kappa shape index (κ1) is 27.8. The van der Waals surface area contributed by atoms with Gasteiger partial charge in [0, 0.05) is 38.3 Å². The topological polar surface area (TPSA) is 58.0 Å². The molecule has 6 nitrogen and oxygen atoms in total. The standard InChI is InChI=1S/C28H33N3O2.Cl2O/c1-22-7-6-8-23(2)27(22)32-20-19-30-15-17-31(18-16-30)28(29)25-11-13-26(14-12-25)33-21-24-9-4-3-5-10-24;1-3-2/h3-14,29H,15-21H2,1-2H3;. The maximum absolute atomic E-state index is 8.64. The summed E-state index contributed by atoms with van der Waals surface area (Å²) in [7, 11) is 0. The van der Waals surface area contributed by atoms with Crippen LogP contribution in [0.15, 0.2) is 72.8 Å². The van der Waals surface area contributed by atoms with E-state index >= 15 is 0 Å². The highest BCUT2D eigenvalue weighted by Gasteiger charge is 2.20. The average molecular weight is 530 g/mol. The van der Waals surface area contributed by atoms with E-state index in [1.54, 1.807) is 0 Å². The Morgan fingerprint density at radius 1 is 0.806 bits per heavy atom. The van der Waals surface area contributed by atoms with Crippen molar-refractivity contribution >= 4 is 29.6 Å². The summed E-state index contributed by atoms with van der Waals surface area (Å²) in [4.78, 5) is 4.57. The number of para-hydroxylation sites is 1. The maximum atomic E-state index is 8.64. The largest absolute Gasteiger partial charge is 0.492 e. The van der Waals surface area contributed by atoms with Gasteiger partial charge in [0.1, 0.15) is 30.5 Å². The predicted molar refractivity (Wildman–Crippen MR) is 146 cm³/mol. The van der Waals surface area contributed by atoms with Crippen LogP contribution in [0.1, 0.15) is 22.3 Å². The van der Waals surface area contributed by atoms with Crippen LogP contribution in [-0.2, 0) is 10.4 Å². The third-order valence-electron chi connectivity index (χ3n) is 6.13. The summed E-state index contributed by atoms with van der Waals surface area (Å²) in [5, 5.41) is 8.64. The molecule has 36 heavy (non-hydrogen) atoms. The normalized spacial score (nSPS) is 13.5. The van der Waals surface area contributed by atoms with Crippen molar-refractivity contribution < 1.29 is 13.3 Å². The number of halogens is 2. The summed E-state index contributed by atoms with van der Waals surface area (Å²) in [5.41, 5.74) is 4.44. The molecule has 0 bridgehead atoms. The van der Waals surface area contributed by atoms with Crippen molar-refractivity contribution in [2.75, 3.05) is 39.3 Å². The molecule has 1 saturated heterocycles. The van der Waals surface area contributed by atoms with Gasteiger partial charge in [-0.3, -0.25) is 10.3 Å². The molecular weight excluding hydrogens is 497 g/mol. The predicted octanol–water partition coefficient (Wildman–Crippen LogP) is 6.22. The number of ether oxygens (including phenoxy) is 2. The van der Waals surface area contributed by atoms with Crippen molar-refractivity contribution in [2.24, 2.45) is 0 Å². The van der Waals surface area contributed by atoms with E-state index < -0.39 is 0 Å². The quantitative estimate of drug-likeness (QED) is 0.277. The van der Waals surface area contributed by atoms with Gasteiger partial charge in [-0.15, -0.1) is 0 Å². The average Bonchev–Trinajstić information content (AvgIpc) is 2.90. The van der Waals surface area contributed by atoms with Gasteiger partial charge in [0.15, 0.2) is 0 Å². The van der Waals surface area contributed by atoms with Gasteiger partial charge in [0.25, 0.3) is 0 Å². The molecular formula is C28H33Cl2N3O3. The SMILES string of the molecule is Cc1cccc(C)c1OCCN1CCN(C(=N)c2ccc(OCc3ccccc3)cc2)CC1.ClOCl. The third-order valence-corrected chi connectivity index (χ3v) is 6.13. The molecule has 1 N–H and O–H groups in total. The van der Waals surface area contributed by atoms with Crippen LogP contribution in [0.25, 0.3) is 0 Å². The maximum Gasteiger partial charge on any atom is 0.128 e. The molecule has 0 aromatic heterocycles. The van der Waals surface area contributed by atoms with Gasteiger partial charge in [-0.25, -0.2) is 0 Å². The van der Waals surface area contributed by atoms with Crippen molar-refractivity contribution in [3.63, 3.8) is 0 Å². The van der Waals surface area contributed by atoms with Gasteiger partial charge in [0.2, 0.25) is 0 Å². The number of benzene rings is 3. The second kappa shape index (κ2) is 14.7. The van der Waals surface area contributed by atoms with Crippen molar-refractivity contribution in [3.8, 4) is 11.5 Å². The molecule has 1 aliphatic rings. The van der Waals surface area contributed by atoms with Crippen molar-refractivity contribution in [1.82, 2.24) is 9.80 Å². The van der Waals surface area contributed by atoms with Crippen LogP contribution in [0.5, 0.6) is 11.5 Å². The number of rotatable bonds is 8. The van der Waals surface area contributed by atoms with Gasteiger partial charge < -0.3 is 14.4 Å².